The number of fused-ring (bicyclic) bond motifs is 1. The Labute approximate surface area is 188 Å². The van der Waals surface area contributed by atoms with Crippen LogP contribution in [0.2, 0.25) is 0 Å². The van der Waals surface area contributed by atoms with Crippen LogP contribution in [0.1, 0.15) is 34.2 Å². The van der Waals surface area contributed by atoms with Crippen LogP contribution in [-0.4, -0.2) is 28.2 Å². The molecular formula is C27H25N3O2. The number of aryl methyl sites for hydroxylation is 3. The van der Waals surface area contributed by atoms with Crippen molar-refractivity contribution in [1.29, 1.82) is 0 Å². The highest BCUT2D eigenvalue weighted by Gasteiger charge is 2.42. The minimum atomic E-state index is -0.250. The van der Waals surface area contributed by atoms with E-state index in [1.807, 2.05) is 67.3 Å². The molecule has 0 aliphatic carbocycles. The van der Waals surface area contributed by atoms with Gasteiger partial charge in [0.2, 0.25) is 0 Å². The van der Waals surface area contributed by atoms with E-state index in [0.717, 1.165) is 40.8 Å². The first-order valence-corrected chi connectivity index (χ1v) is 11.0. The summed E-state index contributed by atoms with van der Waals surface area (Å²) >= 11 is 0. The predicted molar refractivity (Wildman–Crippen MR) is 125 cm³/mol. The first-order valence-electron chi connectivity index (χ1n) is 11.0. The Morgan fingerprint density at radius 3 is 2.56 bits per heavy atom. The molecule has 3 heterocycles. The molecule has 1 aromatic heterocycles. The van der Waals surface area contributed by atoms with Gasteiger partial charge in [-0.3, -0.25) is 19.5 Å². The Hall–Kier alpha value is -3.73. The van der Waals surface area contributed by atoms with Gasteiger partial charge in [0.15, 0.2) is 0 Å². The Bertz CT molecular complexity index is 1250. The molecule has 0 saturated heterocycles. The number of anilines is 1. The third-order valence-electron chi connectivity index (χ3n) is 6.38. The topological polar surface area (TPSA) is 53.5 Å². The van der Waals surface area contributed by atoms with Crippen LogP contribution in [-0.2, 0) is 22.6 Å². The number of nitrogens with zero attached hydrogens (tertiary/aromatic N) is 3. The minimum absolute atomic E-state index is 0.207. The van der Waals surface area contributed by atoms with E-state index in [1.54, 1.807) is 12.4 Å². The van der Waals surface area contributed by atoms with Gasteiger partial charge in [0, 0.05) is 24.6 Å². The van der Waals surface area contributed by atoms with Crippen molar-refractivity contribution in [3.63, 3.8) is 0 Å². The Morgan fingerprint density at radius 2 is 1.78 bits per heavy atom. The zero-order valence-electron chi connectivity index (χ0n) is 18.3. The lowest BCUT2D eigenvalue weighted by atomic mass is 9.97. The van der Waals surface area contributed by atoms with Crippen LogP contribution in [0.25, 0.3) is 5.57 Å². The fraction of sp³-hybridized carbons (Fsp3) is 0.222. The summed E-state index contributed by atoms with van der Waals surface area (Å²) in [5.41, 5.74) is 7.05. The van der Waals surface area contributed by atoms with Gasteiger partial charge >= 0.3 is 0 Å². The molecule has 0 saturated carbocycles. The van der Waals surface area contributed by atoms with E-state index in [1.165, 1.54) is 10.5 Å². The lowest BCUT2D eigenvalue weighted by molar-refractivity contribution is -0.137. The fourth-order valence-corrected chi connectivity index (χ4v) is 4.55. The number of hydrogen-bond donors (Lipinski definition) is 0. The van der Waals surface area contributed by atoms with E-state index in [4.69, 9.17) is 0 Å². The lowest BCUT2D eigenvalue weighted by Crippen LogP contribution is -2.36. The van der Waals surface area contributed by atoms with E-state index in [9.17, 15) is 9.59 Å². The van der Waals surface area contributed by atoms with E-state index < -0.39 is 0 Å². The summed E-state index contributed by atoms with van der Waals surface area (Å²) in [6.45, 7) is 4.99. The Kier molecular flexibility index (Phi) is 5.10. The second-order valence-electron chi connectivity index (χ2n) is 8.46. The van der Waals surface area contributed by atoms with E-state index in [0.29, 0.717) is 17.8 Å². The van der Waals surface area contributed by atoms with Crippen molar-refractivity contribution < 1.29 is 9.59 Å². The SMILES string of the molecule is Cc1ccc(C2=C(N3CCCc4ccccc43)C(=O)N(Cc3cccnc3)C2=O)cc1C. The van der Waals surface area contributed by atoms with Gasteiger partial charge in [0.25, 0.3) is 11.8 Å². The van der Waals surface area contributed by atoms with Gasteiger partial charge in [0.1, 0.15) is 5.70 Å². The van der Waals surface area contributed by atoms with Crippen LogP contribution in [0.3, 0.4) is 0 Å². The summed E-state index contributed by atoms with van der Waals surface area (Å²) in [7, 11) is 0. The highest BCUT2D eigenvalue weighted by molar-refractivity contribution is 6.36. The molecule has 0 spiro atoms. The van der Waals surface area contributed by atoms with Gasteiger partial charge in [-0.2, -0.15) is 0 Å². The number of amides is 2. The first-order chi connectivity index (χ1) is 15.5. The van der Waals surface area contributed by atoms with E-state index in [2.05, 4.69) is 11.1 Å². The molecule has 0 N–H and O–H groups in total. The third-order valence-corrected chi connectivity index (χ3v) is 6.38. The maximum atomic E-state index is 13.8. The van der Waals surface area contributed by atoms with Crippen LogP contribution >= 0.6 is 0 Å². The van der Waals surface area contributed by atoms with Gasteiger partial charge in [-0.05, 0) is 66.6 Å². The number of aromatic nitrogens is 1. The molecule has 0 bridgehead atoms. The summed E-state index contributed by atoms with van der Waals surface area (Å²) < 4.78 is 0. The molecule has 5 heteroatoms. The molecule has 3 aromatic rings. The van der Waals surface area contributed by atoms with Crippen molar-refractivity contribution in [1.82, 2.24) is 9.88 Å². The van der Waals surface area contributed by atoms with Crippen molar-refractivity contribution in [2.24, 2.45) is 0 Å². The second kappa shape index (κ2) is 8.08. The fourth-order valence-electron chi connectivity index (χ4n) is 4.55. The largest absolute Gasteiger partial charge is 0.336 e. The molecule has 2 amide bonds. The van der Waals surface area contributed by atoms with E-state index in [-0.39, 0.29) is 18.4 Å². The van der Waals surface area contributed by atoms with Crippen molar-refractivity contribution in [2.45, 2.75) is 33.2 Å². The molecule has 32 heavy (non-hydrogen) atoms. The zero-order chi connectivity index (χ0) is 22.2. The summed E-state index contributed by atoms with van der Waals surface area (Å²) in [5, 5.41) is 0. The van der Waals surface area contributed by atoms with Crippen LogP contribution in [0, 0.1) is 13.8 Å². The molecule has 0 unspecified atom stereocenters. The monoisotopic (exact) mass is 423 g/mol. The van der Waals surface area contributed by atoms with Gasteiger partial charge < -0.3 is 4.90 Å². The van der Waals surface area contributed by atoms with Crippen molar-refractivity contribution in [3.05, 3.63) is 101 Å². The molecular weight excluding hydrogens is 398 g/mol. The van der Waals surface area contributed by atoms with Crippen LogP contribution in [0.4, 0.5) is 5.69 Å². The molecule has 5 rings (SSSR count). The van der Waals surface area contributed by atoms with Crippen LogP contribution in [0.5, 0.6) is 0 Å². The smallest absolute Gasteiger partial charge is 0.278 e. The molecule has 2 aromatic carbocycles. The van der Waals surface area contributed by atoms with Gasteiger partial charge in [-0.15, -0.1) is 0 Å². The number of hydrogen-bond acceptors (Lipinski definition) is 4. The number of rotatable bonds is 4. The number of pyridine rings is 1. The predicted octanol–water partition coefficient (Wildman–Crippen LogP) is 4.43. The van der Waals surface area contributed by atoms with Crippen LogP contribution in [0.15, 0.2) is 72.7 Å². The van der Waals surface area contributed by atoms with Crippen molar-refractivity contribution in [3.8, 4) is 0 Å². The summed E-state index contributed by atoms with van der Waals surface area (Å²) in [6, 6.07) is 17.8. The van der Waals surface area contributed by atoms with Gasteiger partial charge in [-0.25, -0.2) is 0 Å². The molecule has 5 nitrogen and oxygen atoms in total. The molecule has 0 fully saturated rings. The number of benzene rings is 2. The highest BCUT2D eigenvalue weighted by atomic mass is 16.2. The number of carbonyl (C=O) groups is 2. The summed E-state index contributed by atoms with van der Waals surface area (Å²) in [6.07, 6.45) is 5.29. The number of carbonyl (C=O) groups excluding carboxylic acids is 2. The molecule has 0 radical (unpaired) electrons. The average molecular weight is 424 g/mol. The second-order valence-corrected chi connectivity index (χ2v) is 8.46. The summed E-state index contributed by atoms with van der Waals surface area (Å²) in [4.78, 5) is 35.0. The van der Waals surface area contributed by atoms with Gasteiger partial charge in [-0.1, -0.05) is 42.5 Å². The normalized spacial score (nSPS) is 16.1. The quantitative estimate of drug-likeness (QED) is 0.583. The van der Waals surface area contributed by atoms with Crippen molar-refractivity contribution in [2.75, 3.05) is 11.4 Å². The molecule has 2 aliphatic rings. The Balaban J connectivity index is 1.65. The number of para-hydroxylation sites is 1. The standard InChI is InChI=1S/C27H25N3O2/c1-18-11-12-22(15-19(18)2)24-25(29-14-6-9-21-8-3-4-10-23(21)29)27(32)30(26(24)31)17-20-7-5-13-28-16-20/h3-5,7-8,10-13,15-16H,6,9,14,17H2,1-2H3. The summed E-state index contributed by atoms with van der Waals surface area (Å²) in [5.74, 6) is -0.496. The van der Waals surface area contributed by atoms with Crippen molar-refractivity contribution >= 4 is 23.1 Å². The first kappa shape index (κ1) is 20.2. The third kappa shape index (κ3) is 3.40. The lowest BCUT2D eigenvalue weighted by Gasteiger charge is -2.32. The van der Waals surface area contributed by atoms with Crippen LogP contribution < -0.4 is 4.90 Å². The zero-order valence-corrected chi connectivity index (χ0v) is 18.3. The maximum Gasteiger partial charge on any atom is 0.278 e. The molecule has 0 atom stereocenters. The maximum absolute atomic E-state index is 13.8. The average Bonchev–Trinajstić information content (AvgIpc) is 3.06. The number of imide groups is 1. The highest BCUT2D eigenvalue weighted by Crippen LogP contribution is 2.38. The molecule has 160 valence electrons. The molecule has 2 aliphatic heterocycles. The minimum Gasteiger partial charge on any atom is -0.336 e. The Morgan fingerprint density at radius 1 is 0.938 bits per heavy atom. The van der Waals surface area contributed by atoms with Gasteiger partial charge in [0.05, 0.1) is 12.1 Å². The van der Waals surface area contributed by atoms with E-state index >= 15 is 0 Å².